The van der Waals surface area contributed by atoms with E-state index in [1.54, 1.807) is 0 Å². The minimum atomic E-state index is -3.93. The van der Waals surface area contributed by atoms with Crippen LogP contribution < -0.4 is 4.72 Å². The highest BCUT2D eigenvalue weighted by molar-refractivity contribution is 7.93. The number of carboxylic acid groups (broad SMARTS) is 1. The number of aryl methyl sites for hydroxylation is 1. The first-order valence-corrected chi connectivity index (χ1v) is 7.19. The number of hydrogen-bond donors (Lipinski definition) is 3. The number of aromatic nitrogens is 4. The van der Waals surface area contributed by atoms with Crippen LogP contribution in [0.2, 0.25) is 0 Å². The van der Waals surface area contributed by atoms with E-state index in [0.29, 0.717) is 0 Å². The van der Waals surface area contributed by atoms with E-state index >= 15 is 0 Å². The van der Waals surface area contributed by atoms with Gasteiger partial charge in [-0.3, -0.25) is 4.72 Å². The Labute approximate surface area is 111 Å². The predicted molar refractivity (Wildman–Crippen MR) is 65.7 cm³/mol. The van der Waals surface area contributed by atoms with Gasteiger partial charge in [-0.05, 0) is 19.1 Å². The third kappa shape index (κ3) is 2.42. The van der Waals surface area contributed by atoms with Crippen molar-refractivity contribution in [3.05, 3.63) is 17.0 Å². The first kappa shape index (κ1) is 13.4. The third-order valence-electron chi connectivity index (χ3n) is 2.37. The van der Waals surface area contributed by atoms with Crippen LogP contribution in [0.4, 0.5) is 5.13 Å². The second-order valence-corrected chi connectivity index (χ2v) is 6.01. The zero-order valence-corrected chi connectivity index (χ0v) is 11.5. The standard InChI is InChI=1S/C8H9N5O4S2/c1-3-5(7(14)15)9-4(2)6(3)19(16,17)11-8-10-12-13-18-8/h9H,1-2H3,(H,14,15)(H,10,11,13). The number of aromatic carboxylic acids is 1. The number of H-pyrrole nitrogens is 1. The number of nitrogens with zero attached hydrogens (tertiary/aromatic N) is 3. The number of sulfonamides is 1. The lowest BCUT2D eigenvalue weighted by molar-refractivity contribution is 0.0690. The quantitative estimate of drug-likeness (QED) is 0.742. The van der Waals surface area contributed by atoms with E-state index in [1.807, 2.05) is 0 Å². The maximum Gasteiger partial charge on any atom is 0.352 e. The van der Waals surface area contributed by atoms with E-state index in [2.05, 4.69) is 24.5 Å². The molecule has 0 aliphatic heterocycles. The summed E-state index contributed by atoms with van der Waals surface area (Å²) >= 11 is 0.780. The van der Waals surface area contributed by atoms with Crippen LogP contribution in [-0.4, -0.2) is 39.3 Å². The number of nitrogens with one attached hydrogen (secondary N) is 2. The molecule has 2 aromatic heterocycles. The molecule has 0 atom stereocenters. The van der Waals surface area contributed by atoms with Crippen LogP contribution in [0.5, 0.6) is 0 Å². The van der Waals surface area contributed by atoms with E-state index in [0.717, 1.165) is 11.5 Å². The number of carboxylic acids is 1. The fraction of sp³-hybridized carbons (Fsp3) is 0.250. The lowest BCUT2D eigenvalue weighted by Gasteiger charge is -2.04. The van der Waals surface area contributed by atoms with Crippen molar-refractivity contribution in [2.45, 2.75) is 18.7 Å². The van der Waals surface area contributed by atoms with Gasteiger partial charge in [0.2, 0.25) is 5.13 Å². The maximum absolute atomic E-state index is 12.2. The molecule has 0 fully saturated rings. The molecule has 11 heteroatoms. The van der Waals surface area contributed by atoms with E-state index < -0.39 is 16.0 Å². The van der Waals surface area contributed by atoms with E-state index in [9.17, 15) is 13.2 Å². The van der Waals surface area contributed by atoms with E-state index in [-0.39, 0.29) is 27.0 Å². The van der Waals surface area contributed by atoms with Gasteiger partial charge in [0.05, 0.1) is 0 Å². The Morgan fingerprint density at radius 3 is 2.58 bits per heavy atom. The predicted octanol–water partition coefficient (Wildman–Crippen LogP) is 0.377. The smallest absolute Gasteiger partial charge is 0.352 e. The molecule has 0 aliphatic carbocycles. The number of aromatic amines is 1. The Balaban J connectivity index is 2.49. The molecular weight excluding hydrogens is 294 g/mol. The van der Waals surface area contributed by atoms with Gasteiger partial charge >= 0.3 is 5.97 Å². The SMILES string of the molecule is Cc1[nH]c(C(=O)O)c(C)c1S(=O)(=O)Nc1nnns1. The summed E-state index contributed by atoms with van der Waals surface area (Å²) < 4.78 is 29.9. The highest BCUT2D eigenvalue weighted by atomic mass is 32.2. The molecule has 0 radical (unpaired) electrons. The molecule has 0 saturated carbocycles. The molecule has 0 amide bonds. The zero-order valence-electron chi connectivity index (χ0n) is 9.83. The molecular formula is C8H9N5O4S2. The van der Waals surface area contributed by atoms with Crippen molar-refractivity contribution in [3.63, 3.8) is 0 Å². The van der Waals surface area contributed by atoms with Gasteiger partial charge in [0.15, 0.2) is 0 Å². The van der Waals surface area contributed by atoms with Crippen LogP contribution in [0.25, 0.3) is 0 Å². The Morgan fingerprint density at radius 1 is 1.42 bits per heavy atom. The van der Waals surface area contributed by atoms with E-state index in [4.69, 9.17) is 5.11 Å². The summed E-state index contributed by atoms with van der Waals surface area (Å²) in [5.74, 6) is -1.22. The van der Waals surface area contributed by atoms with Crippen LogP contribution in [0, 0.1) is 13.8 Å². The van der Waals surface area contributed by atoms with Crippen molar-refractivity contribution in [1.82, 2.24) is 19.8 Å². The second-order valence-electron chi connectivity index (χ2n) is 3.66. The Hall–Kier alpha value is -2.01. The number of anilines is 1. The summed E-state index contributed by atoms with van der Waals surface area (Å²) in [6, 6.07) is 0. The van der Waals surface area contributed by atoms with Crippen LogP contribution in [0.15, 0.2) is 4.90 Å². The summed E-state index contributed by atoms with van der Waals surface area (Å²) in [6.07, 6.45) is 0. The van der Waals surface area contributed by atoms with Gasteiger partial charge in [0.25, 0.3) is 10.0 Å². The van der Waals surface area contributed by atoms with Crippen molar-refractivity contribution in [1.29, 1.82) is 0 Å². The third-order valence-corrected chi connectivity index (χ3v) is 4.62. The van der Waals surface area contributed by atoms with Gasteiger partial charge in [-0.2, -0.15) is 0 Å². The van der Waals surface area contributed by atoms with Crippen molar-refractivity contribution < 1.29 is 18.3 Å². The lowest BCUT2D eigenvalue weighted by atomic mass is 10.2. The first-order chi connectivity index (χ1) is 8.83. The molecule has 102 valence electrons. The number of carbonyl (C=O) groups is 1. The summed E-state index contributed by atoms with van der Waals surface area (Å²) in [7, 11) is -3.93. The second kappa shape index (κ2) is 4.59. The molecule has 9 nitrogen and oxygen atoms in total. The number of hydrogen-bond acceptors (Lipinski definition) is 7. The molecule has 2 heterocycles. The van der Waals surface area contributed by atoms with Crippen molar-refractivity contribution in [2.24, 2.45) is 0 Å². The summed E-state index contributed by atoms with van der Waals surface area (Å²) in [4.78, 5) is 13.4. The van der Waals surface area contributed by atoms with Crippen LogP contribution in [-0.2, 0) is 10.0 Å². The van der Waals surface area contributed by atoms with Crippen LogP contribution >= 0.6 is 11.5 Å². The maximum atomic E-state index is 12.2. The normalized spacial score (nSPS) is 11.5. The molecule has 0 unspecified atom stereocenters. The number of rotatable bonds is 4. The average Bonchev–Trinajstić information content (AvgIpc) is 2.86. The van der Waals surface area contributed by atoms with Crippen molar-refractivity contribution in [3.8, 4) is 0 Å². The van der Waals surface area contributed by atoms with E-state index in [1.165, 1.54) is 13.8 Å². The summed E-state index contributed by atoms with van der Waals surface area (Å²) in [5.41, 5.74) is 0.211. The molecule has 19 heavy (non-hydrogen) atoms. The summed E-state index contributed by atoms with van der Waals surface area (Å²) in [6.45, 7) is 2.90. The lowest BCUT2D eigenvalue weighted by Crippen LogP contribution is -2.14. The molecule has 2 aromatic rings. The van der Waals surface area contributed by atoms with Crippen molar-refractivity contribution in [2.75, 3.05) is 4.72 Å². The molecule has 0 saturated heterocycles. The fourth-order valence-electron chi connectivity index (χ4n) is 1.69. The minimum Gasteiger partial charge on any atom is -0.477 e. The Bertz CT molecular complexity index is 719. The van der Waals surface area contributed by atoms with Gasteiger partial charge < -0.3 is 10.1 Å². The highest BCUT2D eigenvalue weighted by Crippen LogP contribution is 2.25. The van der Waals surface area contributed by atoms with Gasteiger partial charge in [-0.25, -0.2) is 13.2 Å². The fourth-order valence-corrected chi connectivity index (χ4v) is 3.72. The highest BCUT2D eigenvalue weighted by Gasteiger charge is 2.27. The molecule has 0 spiro atoms. The average molecular weight is 303 g/mol. The van der Waals surface area contributed by atoms with Gasteiger partial charge in [-0.1, -0.05) is 9.59 Å². The topological polar surface area (TPSA) is 138 Å². The molecule has 3 N–H and O–H groups in total. The van der Waals surface area contributed by atoms with Gasteiger partial charge in [0.1, 0.15) is 10.6 Å². The first-order valence-electron chi connectivity index (χ1n) is 4.93. The summed E-state index contributed by atoms with van der Waals surface area (Å²) in [5, 5.41) is 15.7. The molecule has 2 rings (SSSR count). The zero-order chi connectivity index (χ0) is 14.2. The van der Waals surface area contributed by atoms with Crippen LogP contribution in [0.1, 0.15) is 21.7 Å². The van der Waals surface area contributed by atoms with Crippen LogP contribution in [0.3, 0.4) is 0 Å². The molecule has 0 aromatic carbocycles. The Kier molecular flexibility index (Phi) is 3.24. The monoisotopic (exact) mass is 303 g/mol. The van der Waals surface area contributed by atoms with Gasteiger partial charge in [0, 0.05) is 22.8 Å². The van der Waals surface area contributed by atoms with Crippen molar-refractivity contribution >= 4 is 32.7 Å². The molecule has 0 aliphatic rings. The minimum absolute atomic E-state index is 0.0110. The Morgan fingerprint density at radius 2 is 2.11 bits per heavy atom. The van der Waals surface area contributed by atoms with Gasteiger partial charge in [-0.15, -0.1) is 0 Å². The molecule has 0 bridgehead atoms. The largest absolute Gasteiger partial charge is 0.477 e.